The van der Waals surface area contributed by atoms with Crippen molar-refractivity contribution >= 4 is 10.0 Å². The van der Waals surface area contributed by atoms with Crippen LogP contribution in [-0.4, -0.2) is 45.1 Å². The Labute approximate surface area is 108 Å². The summed E-state index contributed by atoms with van der Waals surface area (Å²) < 4.78 is 26.5. The van der Waals surface area contributed by atoms with Crippen LogP contribution < -0.4 is 4.72 Å². The van der Waals surface area contributed by atoms with E-state index in [0.29, 0.717) is 12.1 Å². The highest BCUT2D eigenvalue weighted by molar-refractivity contribution is 7.89. The van der Waals surface area contributed by atoms with Crippen LogP contribution in [-0.2, 0) is 16.6 Å². The van der Waals surface area contributed by atoms with Gasteiger partial charge >= 0.3 is 0 Å². The second kappa shape index (κ2) is 6.29. The molecule has 0 saturated heterocycles. The average molecular weight is 272 g/mol. The van der Waals surface area contributed by atoms with E-state index in [2.05, 4.69) is 4.72 Å². The fourth-order valence-corrected chi connectivity index (χ4v) is 2.39. The summed E-state index contributed by atoms with van der Waals surface area (Å²) >= 11 is 0. The molecular formula is C12H20N2O3S. The van der Waals surface area contributed by atoms with Crippen LogP contribution in [0.5, 0.6) is 0 Å². The van der Waals surface area contributed by atoms with Crippen molar-refractivity contribution in [3.63, 3.8) is 0 Å². The number of nitrogens with zero attached hydrogens (tertiary/aromatic N) is 1. The quantitative estimate of drug-likeness (QED) is 0.787. The first-order valence-electron chi connectivity index (χ1n) is 5.72. The molecule has 18 heavy (non-hydrogen) atoms. The second-order valence-electron chi connectivity index (χ2n) is 4.47. The minimum Gasteiger partial charge on any atom is -0.392 e. The lowest BCUT2D eigenvalue weighted by Crippen LogP contribution is -2.38. The average Bonchev–Trinajstić information content (AvgIpc) is 2.36. The fraction of sp³-hybridized carbons (Fsp3) is 0.500. The van der Waals surface area contributed by atoms with Gasteiger partial charge in [0.2, 0.25) is 10.0 Å². The highest BCUT2D eigenvalue weighted by Crippen LogP contribution is 2.10. The van der Waals surface area contributed by atoms with Crippen molar-refractivity contribution in [2.45, 2.75) is 24.5 Å². The van der Waals surface area contributed by atoms with Gasteiger partial charge in [0.1, 0.15) is 0 Å². The van der Waals surface area contributed by atoms with E-state index < -0.39 is 10.0 Å². The zero-order chi connectivity index (χ0) is 13.8. The van der Waals surface area contributed by atoms with Crippen molar-refractivity contribution in [2.75, 3.05) is 20.6 Å². The number of nitrogens with one attached hydrogen (secondary N) is 1. The lowest BCUT2D eigenvalue weighted by atomic mass is 10.2. The largest absolute Gasteiger partial charge is 0.392 e. The lowest BCUT2D eigenvalue weighted by molar-refractivity contribution is 0.282. The van der Waals surface area contributed by atoms with Crippen molar-refractivity contribution in [3.8, 4) is 0 Å². The zero-order valence-electron chi connectivity index (χ0n) is 10.9. The zero-order valence-corrected chi connectivity index (χ0v) is 11.7. The summed E-state index contributed by atoms with van der Waals surface area (Å²) in [7, 11) is 0.324. The molecular weight excluding hydrogens is 252 g/mol. The number of sulfonamides is 1. The van der Waals surface area contributed by atoms with Crippen LogP contribution in [0.25, 0.3) is 0 Å². The number of hydrogen-bond acceptors (Lipinski definition) is 4. The number of hydrogen-bond donors (Lipinski definition) is 2. The topological polar surface area (TPSA) is 69.6 Å². The third-order valence-corrected chi connectivity index (χ3v) is 4.31. The van der Waals surface area contributed by atoms with Gasteiger partial charge in [-0.25, -0.2) is 13.1 Å². The number of benzene rings is 1. The predicted octanol–water partition coefficient (Wildman–Crippen LogP) is 0.407. The maximum Gasteiger partial charge on any atom is 0.240 e. The van der Waals surface area contributed by atoms with Crippen LogP contribution in [0.1, 0.15) is 12.5 Å². The molecule has 1 atom stereocenters. The maximum absolute atomic E-state index is 12.0. The molecule has 1 unspecified atom stereocenters. The Bertz CT molecular complexity index is 469. The Morgan fingerprint density at radius 2 is 1.83 bits per heavy atom. The number of rotatable bonds is 6. The summed E-state index contributed by atoms with van der Waals surface area (Å²) in [6.45, 7) is 2.21. The van der Waals surface area contributed by atoms with E-state index in [1.54, 1.807) is 12.1 Å². The minimum atomic E-state index is -3.47. The van der Waals surface area contributed by atoms with Crippen LogP contribution in [0.4, 0.5) is 0 Å². The van der Waals surface area contributed by atoms with Gasteiger partial charge in [0, 0.05) is 12.6 Å². The molecule has 0 spiro atoms. The van der Waals surface area contributed by atoms with E-state index in [-0.39, 0.29) is 17.5 Å². The highest BCUT2D eigenvalue weighted by Gasteiger charge is 2.15. The molecule has 1 rings (SSSR count). The van der Waals surface area contributed by atoms with Crippen LogP contribution in [0.2, 0.25) is 0 Å². The highest BCUT2D eigenvalue weighted by atomic mass is 32.2. The number of aliphatic hydroxyl groups is 1. The van der Waals surface area contributed by atoms with Gasteiger partial charge in [0.25, 0.3) is 0 Å². The molecule has 6 heteroatoms. The molecule has 1 aromatic carbocycles. The molecule has 1 aromatic rings. The SMILES string of the molecule is CC(CNS(=O)(=O)c1ccc(CO)cc1)N(C)C. The summed E-state index contributed by atoms with van der Waals surface area (Å²) in [4.78, 5) is 2.16. The summed E-state index contributed by atoms with van der Waals surface area (Å²) in [5, 5.41) is 8.90. The number of aliphatic hydroxyl groups excluding tert-OH is 1. The third-order valence-electron chi connectivity index (χ3n) is 2.87. The standard InChI is InChI=1S/C12H20N2O3S/c1-10(14(2)3)8-13-18(16,17)12-6-4-11(9-15)5-7-12/h4-7,10,13,15H,8-9H2,1-3H3. The maximum atomic E-state index is 12.0. The first-order chi connectivity index (χ1) is 8.36. The molecule has 0 bridgehead atoms. The van der Waals surface area contributed by atoms with Crippen molar-refractivity contribution in [2.24, 2.45) is 0 Å². The van der Waals surface area contributed by atoms with E-state index in [1.165, 1.54) is 12.1 Å². The van der Waals surface area contributed by atoms with E-state index >= 15 is 0 Å². The summed E-state index contributed by atoms with van der Waals surface area (Å²) in [5.41, 5.74) is 0.690. The van der Waals surface area contributed by atoms with Crippen LogP contribution in [0.15, 0.2) is 29.2 Å². The fourth-order valence-electron chi connectivity index (χ4n) is 1.27. The summed E-state index contributed by atoms with van der Waals surface area (Å²) in [6, 6.07) is 6.31. The molecule has 5 nitrogen and oxygen atoms in total. The van der Waals surface area contributed by atoms with Crippen molar-refractivity contribution in [1.29, 1.82) is 0 Å². The van der Waals surface area contributed by atoms with Gasteiger partial charge in [0.05, 0.1) is 11.5 Å². The monoisotopic (exact) mass is 272 g/mol. The third kappa shape index (κ3) is 4.06. The molecule has 0 amide bonds. The molecule has 0 aliphatic heterocycles. The molecule has 0 fully saturated rings. The van der Waals surface area contributed by atoms with Crippen LogP contribution >= 0.6 is 0 Å². The normalized spacial score (nSPS) is 13.8. The Morgan fingerprint density at radius 1 is 1.28 bits per heavy atom. The Balaban J connectivity index is 2.73. The smallest absolute Gasteiger partial charge is 0.240 e. The molecule has 102 valence electrons. The van der Waals surface area contributed by atoms with Gasteiger partial charge < -0.3 is 10.0 Å². The second-order valence-corrected chi connectivity index (χ2v) is 6.23. The van der Waals surface area contributed by atoms with E-state index in [0.717, 1.165) is 0 Å². The molecule has 0 radical (unpaired) electrons. The van der Waals surface area contributed by atoms with Gasteiger partial charge in [-0.2, -0.15) is 0 Å². The number of likely N-dealkylation sites (N-methyl/N-ethyl adjacent to an activating group) is 1. The minimum absolute atomic E-state index is 0.0918. The Kier molecular flexibility index (Phi) is 5.28. The first kappa shape index (κ1) is 15.1. The van der Waals surface area contributed by atoms with Crippen molar-refractivity contribution in [3.05, 3.63) is 29.8 Å². The summed E-state index contributed by atoms with van der Waals surface area (Å²) in [5.74, 6) is 0. The van der Waals surface area contributed by atoms with Gasteiger partial charge in [-0.15, -0.1) is 0 Å². The molecule has 0 aliphatic carbocycles. The molecule has 0 aromatic heterocycles. The van der Waals surface area contributed by atoms with Crippen molar-refractivity contribution in [1.82, 2.24) is 9.62 Å². The van der Waals surface area contributed by atoms with E-state index in [9.17, 15) is 8.42 Å². The van der Waals surface area contributed by atoms with Gasteiger partial charge in [-0.3, -0.25) is 0 Å². The molecule has 2 N–H and O–H groups in total. The van der Waals surface area contributed by atoms with E-state index in [4.69, 9.17) is 5.11 Å². The molecule has 0 heterocycles. The Morgan fingerprint density at radius 3 is 2.28 bits per heavy atom. The molecule has 0 aliphatic rings. The van der Waals surface area contributed by atoms with Crippen molar-refractivity contribution < 1.29 is 13.5 Å². The first-order valence-corrected chi connectivity index (χ1v) is 7.21. The van der Waals surface area contributed by atoms with Gasteiger partial charge in [0.15, 0.2) is 0 Å². The summed E-state index contributed by atoms with van der Waals surface area (Å²) in [6.07, 6.45) is 0. The van der Waals surface area contributed by atoms with E-state index in [1.807, 2.05) is 25.9 Å². The predicted molar refractivity (Wildman–Crippen MR) is 70.7 cm³/mol. The Hall–Kier alpha value is -0.950. The van der Waals surface area contributed by atoms with Crippen LogP contribution in [0, 0.1) is 0 Å². The lowest BCUT2D eigenvalue weighted by Gasteiger charge is -2.20. The van der Waals surface area contributed by atoms with Gasteiger partial charge in [-0.05, 0) is 38.7 Å². The molecule has 0 saturated carbocycles. The van der Waals surface area contributed by atoms with Crippen LogP contribution in [0.3, 0.4) is 0 Å². The van der Waals surface area contributed by atoms with Gasteiger partial charge in [-0.1, -0.05) is 12.1 Å².